The molecular weight excluding hydrogens is 364 g/mol. The van der Waals surface area contributed by atoms with Gasteiger partial charge in [0.15, 0.2) is 11.4 Å². The number of carbonyl (C=O) groups is 1. The largest absolute Gasteiger partial charge is 0.504 e. The smallest absolute Gasteiger partial charge is 0.271 e. The fourth-order valence-electron chi connectivity index (χ4n) is 3.19. The molecule has 6 nitrogen and oxygen atoms in total. The van der Waals surface area contributed by atoms with Crippen molar-refractivity contribution < 1.29 is 9.90 Å². The summed E-state index contributed by atoms with van der Waals surface area (Å²) in [5, 5.41) is 19.3. The molecule has 0 saturated carbocycles. The molecule has 3 rings (SSSR count). The van der Waals surface area contributed by atoms with Crippen LogP contribution in [0, 0.1) is 5.92 Å². The van der Waals surface area contributed by atoms with Crippen LogP contribution in [0.15, 0.2) is 59.7 Å². The molecule has 0 fully saturated rings. The third-order valence-electron chi connectivity index (χ3n) is 4.60. The molecule has 1 amide bonds. The number of hydrazone groups is 1. The summed E-state index contributed by atoms with van der Waals surface area (Å²) in [5.41, 5.74) is 6.51. The maximum atomic E-state index is 12.2. The minimum atomic E-state index is -0.318. The van der Waals surface area contributed by atoms with E-state index in [4.69, 9.17) is 0 Å². The Morgan fingerprint density at radius 3 is 2.41 bits per heavy atom. The predicted octanol–water partition coefficient (Wildman–Crippen LogP) is 4.15. The second-order valence-corrected chi connectivity index (χ2v) is 7.47. The average Bonchev–Trinajstić information content (AvgIpc) is 3.01. The first-order valence-corrected chi connectivity index (χ1v) is 9.62. The van der Waals surface area contributed by atoms with Gasteiger partial charge in [-0.05, 0) is 37.0 Å². The third-order valence-corrected chi connectivity index (χ3v) is 4.60. The van der Waals surface area contributed by atoms with Crippen molar-refractivity contribution >= 4 is 11.6 Å². The lowest BCUT2D eigenvalue weighted by molar-refractivity contribution is 0.0955. The Balaban J connectivity index is 1.82. The van der Waals surface area contributed by atoms with Crippen LogP contribution in [-0.2, 0) is 13.5 Å². The molecule has 0 spiro atoms. The molecule has 2 N–H and O–H groups in total. The highest BCUT2D eigenvalue weighted by Crippen LogP contribution is 2.32. The van der Waals surface area contributed by atoms with Gasteiger partial charge in [-0.1, -0.05) is 56.3 Å². The van der Waals surface area contributed by atoms with Gasteiger partial charge in [-0.2, -0.15) is 10.2 Å². The highest BCUT2D eigenvalue weighted by atomic mass is 16.3. The molecule has 6 heteroatoms. The quantitative estimate of drug-likeness (QED) is 0.490. The number of aromatic hydroxyl groups is 1. The van der Waals surface area contributed by atoms with Gasteiger partial charge in [-0.15, -0.1) is 0 Å². The predicted molar refractivity (Wildman–Crippen MR) is 115 cm³/mol. The molecule has 0 aliphatic heterocycles. The molecule has 0 bridgehead atoms. The van der Waals surface area contributed by atoms with Crippen molar-refractivity contribution in [3.63, 3.8) is 0 Å². The molecule has 29 heavy (non-hydrogen) atoms. The molecule has 3 aromatic rings. The number of rotatable bonds is 6. The van der Waals surface area contributed by atoms with Crippen LogP contribution in [-0.4, -0.2) is 26.5 Å². The van der Waals surface area contributed by atoms with Crippen LogP contribution in [0.25, 0.3) is 11.3 Å². The van der Waals surface area contributed by atoms with E-state index >= 15 is 0 Å². The fourth-order valence-corrected chi connectivity index (χ4v) is 3.19. The Morgan fingerprint density at radius 2 is 1.79 bits per heavy atom. The lowest BCUT2D eigenvalue weighted by Gasteiger charge is -2.07. The third kappa shape index (κ3) is 4.71. The number of nitrogens with one attached hydrogen (secondary N) is 1. The first-order chi connectivity index (χ1) is 13.9. The van der Waals surface area contributed by atoms with Crippen LogP contribution < -0.4 is 5.43 Å². The van der Waals surface area contributed by atoms with E-state index in [1.54, 1.807) is 42.9 Å². The Morgan fingerprint density at radius 1 is 1.14 bits per heavy atom. The molecular formula is C23H26N4O2. The molecule has 0 atom stereocenters. The average molecular weight is 390 g/mol. The summed E-state index contributed by atoms with van der Waals surface area (Å²) >= 11 is 0. The van der Waals surface area contributed by atoms with Gasteiger partial charge in [0.25, 0.3) is 5.91 Å². The Hall–Kier alpha value is -3.41. The first-order valence-electron chi connectivity index (χ1n) is 9.62. The SMILES string of the molecule is C/C(=N\NC(=O)c1ccccc1)c1nn(C)c(-c2ccc(CC(C)C)cc2)c1O. The number of hydrogen-bond donors (Lipinski definition) is 2. The minimum absolute atomic E-state index is 0.0410. The van der Waals surface area contributed by atoms with Gasteiger partial charge in [0.05, 0.1) is 5.71 Å². The second kappa shape index (κ2) is 8.73. The standard InChI is InChI=1S/C23H26N4O2/c1-15(2)14-17-10-12-18(13-11-17)21-22(28)20(26-27(21)4)16(3)24-25-23(29)19-8-6-5-7-9-19/h5-13,15,28H,14H2,1-4H3,(H,25,29)/b24-16+. The Bertz CT molecular complexity index is 1020. The molecule has 0 saturated heterocycles. The molecule has 0 radical (unpaired) electrons. The maximum absolute atomic E-state index is 12.2. The highest BCUT2D eigenvalue weighted by molar-refractivity contribution is 6.02. The van der Waals surface area contributed by atoms with E-state index in [9.17, 15) is 9.90 Å². The zero-order valence-electron chi connectivity index (χ0n) is 17.2. The van der Waals surface area contributed by atoms with Crippen LogP contribution in [0.4, 0.5) is 0 Å². The zero-order valence-corrected chi connectivity index (χ0v) is 17.2. The van der Waals surface area contributed by atoms with Crippen molar-refractivity contribution in [2.75, 3.05) is 0 Å². The van der Waals surface area contributed by atoms with Crippen molar-refractivity contribution in [2.45, 2.75) is 27.2 Å². The molecule has 1 heterocycles. The molecule has 0 aliphatic carbocycles. The van der Waals surface area contributed by atoms with E-state index in [0.29, 0.717) is 28.6 Å². The topological polar surface area (TPSA) is 79.5 Å². The first kappa shape index (κ1) is 20.3. The summed E-state index contributed by atoms with van der Waals surface area (Å²) in [6.07, 6.45) is 1.01. The lowest BCUT2D eigenvalue weighted by atomic mass is 10.0. The van der Waals surface area contributed by atoms with Crippen molar-refractivity contribution in [1.29, 1.82) is 0 Å². The van der Waals surface area contributed by atoms with Crippen LogP contribution >= 0.6 is 0 Å². The fraction of sp³-hybridized carbons (Fsp3) is 0.261. The number of aromatic nitrogens is 2. The van der Waals surface area contributed by atoms with Crippen LogP contribution in [0.1, 0.15) is 42.4 Å². The summed E-state index contributed by atoms with van der Waals surface area (Å²) in [6, 6.07) is 16.9. The Labute approximate surface area is 170 Å². The highest BCUT2D eigenvalue weighted by Gasteiger charge is 2.19. The number of hydrogen-bond acceptors (Lipinski definition) is 4. The van der Waals surface area contributed by atoms with E-state index in [1.165, 1.54) is 5.56 Å². The van der Waals surface area contributed by atoms with Crippen LogP contribution in [0.3, 0.4) is 0 Å². The summed E-state index contributed by atoms with van der Waals surface area (Å²) in [5.74, 6) is 0.308. The molecule has 0 aliphatic rings. The van der Waals surface area contributed by atoms with Gasteiger partial charge in [0.2, 0.25) is 0 Å². The van der Waals surface area contributed by atoms with E-state index in [-0.39, 0.29) is 11.7 Å². The van der Waals surface area contributed by atoms with Gasteiger partial charge in [-0.25, -0.2) is 5.43 Å². The van der Waals surface area contributed by atoms with Gasteiger partial charge in [0.1, 0.15) is 5.69 Å². The Kier molecular flexibility index (Phi) is 6.12. The molecule has 150 valence electrons. The van der Waals surface area contributed by atoms with Gasteiger partial charge >= 0.3 is 0 Å². The number of amides is 1. The van der Waals surface area contributed by atoms with Crippen molar-refractivity contribution in [3.05, 3.63) is 71.4 Å². The van der Waals surface area contributed by atoms with Gasteiger partial charge < -0.3 is 5.11 Å². The van der Waals surface area contributed by atoms with Gasteiger partial charge in [-0.3, -0.25) is 9.48 Å². The molecule has 2 aromatic carbocycles. The number of carbonyl (C=O) groups excluding carboxylic acids is 1. The van der Waals surface area contributed by atoms with Crippen LogP contribution in [0.5, 0.6) is 5.75 Å². The van der Waals surface area contributed by atoms with Crippen molar-refractivity contribution in [2.24, 2.45) is 18.1 Å². The number of aryl methyl sites for hydroxylation is 1. The van der Waals surface area contributed by atoms with E-state index < -0.39 is 0 Å². The summed E-state index contributed by atoms with van der Waals surface area (Å²) < 4.78 is 1.63. The minimum Gasteiger partial charge on any atom is -0.504 e. The maximum Gasteiger partial charge on any atom is 0.271 e. The normalized spacial score (nSPS) is 11.7. The zero-order chi connectivity index (χ0) is 21.0. The monoisotopic (exact) mass is 390 g/mol. The van der Waals surface area contributed by atoms with Crippen LogP contribution in [0.2, 0.25) is 0 Å². The summed E-state index contributed by atoms with van der Waals surface area (Å²) in [7, 11) is 1.77. The molecule has 0 unspecified atom stereocenters. The van der Waals surface area contributed by atoms with E-state index in [0.717, 1.165) is 12.0 Å². The lowest BCUT2D eigenvalue weighted by Crippen LogP contribution is -2.19. The number of nitrogens with zero attached hydrogens (tertiary/aromatic N) is 3. The number of benzene rings is 2. The molecule has 1 aromatic heterocycles. The van der Waals surface area contributed by atoms with E-state index in [1.807, 2.05) is 18.2 Å². The van der Waals surface area contributed by atoms with Crippen molar-refractivity contribution in [3.8, 4) is 17.0 Å². The van der Waals surface area contributed by atoms with E-state index in [2.05, 4.69) is 41.6 Å². The summed E-state index contributed by atoms with van der Waals surface area (Å²) in [6.45, 7) is 6.07. The second-order valence-electron chi connectivity index (χ2n) is 7.47. The van der Waals surface area contributed by atoms with Crippen molar-refractivity contribution in [1.82, 2.24) is 15.2 Å². The van der Waals surface area contributed by atoms with Gasteiger partial charge in [0, 0.05) is 18.2 Å². The summed E-state index contributed by atoms with van der Waals surface area (Å²) in [4.78, 5) is 12.2.